The molecule has 2 rings (SSSR count). The number of ether oxygens (including phenoxy) is 1. The lowest BCUT2D eigenvalue weighted by atomic mass is 9.87. The van der Waals surface area contributed by atoms with Crippen LogP contribution in [-0.4, -0.2) is 24.8 Å². The largest absolute Gasteiger partial charge is 0.434 e. The van der Waals surface area contributed by atoms with Gasteiger partial charge in [-0.2, -0.15) is 8.78 Å². The average Bonchev–Trinajstić information content (AvgIpc) is 2.14. The fraction of sp³-hybridized carbons (Fsp3) is 0.400. The Hall–Kier alpha value is -1.20. The molecule has 0 aliphatic carbocycles. The Morgan fingerprint density at radius 3 is 2.53 bits per heavy atom. The van der Waals surface area contributed by atoms with Gasteiger partial charge in [-0.25, -0.2) is 0 Å². The van der Waals surface area contributed by atoms with Gasteiger partial charge in [0, 0.05) is 18.7 Å². The number of alkyl halides is 2. The predicted octanol–water partition coefficient (Wildman–Crippen LogP) is 1.08. The van der Waals surface area contributed by atoms with E-state index >= 15 is 0 Å². The van der Waals surface area contributed by atoms with Crippen LogP contribution in [-0.2, 0) is 5.60 Å². The summed E-state index contributed by atoms with van der Waals surface area (Å²) in [4.78, 5) is 0. The van der Waals surface area contributed by atoms with E-state index in [1.807, 2.05) is 0 Å². The van der Waals surface area contributed by atoms with Crippen LogP contribution in [0.15, 0.2) is 24.3 Å². The molecule has 0 bridgehead atoms. The van der Waals surface area contributed by atoms with Gasteiger partial charge < -0.3 is 15.2 Å². The van der Waals surface area contributed by atoms with E-state index in [0.29, 0.717) is 18.7 Å². The first-order chi connectivity index (χ1) is 7.12. The highest BCUT2D eigenvalue weighted by atomic mass is 19.3. The molecule has 1 aromatic rings. The molecule has 0 unspecified atom stereocenters. The third-order valence-corrected chi connectivity index (χ3v) is 2.44. The van der Waals surface area contributed by atoms with E-state index < -0.39 is 12.2 Å². The number of aliphatic hydroxyl groups is 1. The smallest absolute Gasteiger partial charge is 0.387 e. The van der Waals surface area contributed by atoms with Crippen molar-refractivity contribution in [3.05, 3.63) is 29.8 Å². The molecule has 0 aromatic heterocycles. The van der Waals surface area contributed by atoms with Gasteiger partial charge in [-0.15, -0.1) is 0 Å². The third-order valence-electron chi connectivity index (χ3n) is 2.44. The maximum absolute atomic E-state index is 12.1. The van der Waals surface area contributed by atoms with Crippen molar-refractivity contribution in [2.75, 3.05) is 13.1 Å². The molecule has 1 fully saturated rings. The first-order valence-electron chi connectivity index (χ1n) is 4.59. The topological polar surface area (TPSA) is 41.5 Å². The summed E-state index contributed by atoms with van der Waals surface area (Å²) in [6, 6.07) is 6.30. The molecule has 0 saturated carbocycles. The summed E-state index contributed by atoms with van der Waals surface area (Å²) in [7, 11) is 0. The van der Waals surface area contributed by atoms with Crippen molar-refractivity contribution in [2.45, 2.75) is 12.2 Å². The van der Waals surface area contributed by atoms with Crippen LogP contribution in [0.4, 0.5) is 8.78 Å². The lowest BCUT2D eigenvalue weighted by Crippen LogP contribution is -2.56. The van der Waals surface area contributed by atoms with Crippen LogP contribution in [0.2, 0.25) is 0 Å². The van der Waals surface area contributed by atoms with E-state index in [-0.39, 0.29) is 5.75 Å². The van der Waals surface area contributed by atoms with Crippen molar-refractivity contribution in [2.24, 2.45) is 0 Å². The summed E-state index contributed by atoms with van der Waals surface area (Å²) in [6.45, 7) is -2.16. The zero-order valence-electron chi connectivity index (χ0n) is 7.91. The monoisotopic (exact) mass is 215 g/mol. The molecule has 0 radical (unpaired) electrons. The number of hydrogen-bond donors (Lipinski definition) is 2. The fourth-order valence-corrected chi connectivity index (χ4v) is 1.60. The molecule has 15 heavy (non-hydrogen) atoms. The quantitative estimate of drug-likeness (QED) is 0.792. The van der Waals surface area contributed by atoms with Crippen molar-refractivity contribution in [3.63, 3.8) is 0 Å². The van der Waals surface area contributed by atoms with Gasteiger partial charge in [0.2, 0.25) is 0 Å². The van der Waals surface area contributed by atoms with E-state index in [1.54, 1.807) is 18.2 Å². The van der Waals surface area contributed by atoms with Crippen LogP contribution >= 0.6 is 0 Å². The Labute approximate surface area is 85.7 Å². The van der Waals surface area contributed by atoms with Gasteiger partial charge in [-0.1, -0.05) is 18.2 Å². The zero-order chi connectivity index (χ0) is 10.9. The van der Waals surface area contributed by atoms with Gasteiger partial charge in [0.05, 0.1) is 0 Å². The fourth-order valence-electron chi connectivity index (χ4n) is 1.60. The molecule has 1 aliphatic heterocycles. The number of β-amino-alcohol motifs (C(OH)–C–C–N with tert-alkyl or cyclic N) is 1. The van der Waals surface area contributed by atoms with E-state index in [0.717, 1.165) is 0 Å². The number of nitrogens with one attached hydrogen (secondary N) is 1. The summed E-state index contributed by atoms with van der Waals surface area (Å²) in [5.74, 6) is 0.0384. The second-order valence-electron chi connectivity index (χ2n) is 3.51. The zero-order valence-corrected chi connectivity index (χ0v) is 7.91. The van der Waals surface area contributed by atoms with Crippen LogP contribution in [0, 0.1) is 0 Å². The molecule has 0 spiro atoms. The Bertz CT molecular complexity index is 353. The van der Waals surface area contributed by atoms with Gasteiger partial charge in [0.15, 0.2) is 0 Å². The van der Waals surface area contributed by atoms with Gasteiger partial charge in [-0.05, 0) is 6.07 Å². The van der Waals surface area contributed by atoms with Crippen molar-refractivity contribution in [1.82, 2.24) is 5.32 Å². The number of para-hydroxylation sites is 1. The molecule has 0 atom stereocenters. The maximum Gasteiger partial charge on any atom is 0.387 e. The minimum Gasteiger partial charge on any atom is -0.434 e. The molecule has 0 amide bonds. The Morgan fingerprint density at radius 2 is 2.00 bits per heavy atom. The van der Waals surface area contributed by atoms with Crippen molar-refractivity contribution in [1.29, 1.82) is 0 Å². The van der Waals surface area contributed by atoms with E-state index in [4.69, 9.17) is 0 Å². The molecule has 1 saturated heterocycles. The van der Waals surface area contributed by atoms with Crippen LogP contribution < -0.4 is 10.1 Å². The van der Waals surface area contributed by atoms with Crippen molar-refractivity contribution in [3.8, 4) is 5.75 Å². The minimum atomic E-state index is -2.87. The third kappa shape index (κ3) is 1.93. The summed E-state index contributed by atoms with van der Waals surface area (Å²) in [5.41, 5.74) is -0.671. The van der Waals surface area contributed by atoms with Crippen LogP contribution in [0.5, 0.6) is 5.75 Å². The first-order valence-corrected chi connectivity index (χ1v) is 4.59. The highest BCUT2D eigenvalue weighted by Gasteiger charge is 2.38. The number of hydrogen-bond acceptors (Lipinski definition) is 3. The molecular weight excluding hydrogens is 204 g/mol. The van der Waals surface area contributed by atoms with Gasteiger partial charge in [-0.3, -0.25) is 0 Å². The summed E-state index contributed by atoms with van der Waals surface area (Å²) in [6.07, 6.45) is 0. The van der Waals surface area contributed by atoms with Crippen LogP contribution in [0.25, 0.3) is 0 Å². The highest BCUT2D eigenvalue weighted by Crippen LogP contribution is 2.33. The van der Waals surface area contributed by atoms with Gasteiger partial charge in [0.25, 0.3) is 0 Å². The minimum absolute atomic E-state index is 0.0384. The summed E-state index contributed by atoms with van der Waals surface area (Å²) >= 11 is 0. The normalized spacial score (nSPS) is 18.7. The van der Waals surface area contributed by atoms with Crippen LogP contribution in [0.3, 0.4) is 0 Å². The summed E-state index contributed by atoms with van der Waals surface area (Å²) in [5, 5.41) is 12.9. The molecule has 2 N–H and O–H groups in total. The molecule has 82 valence electrons. The molecule has 1 aliphatic rings. The predicted molar refractivity (Wildman–Crippen MR) is 49.8 cm³/mol. The van der Waals surface area contributed by atoms with Crippen molar-refractivity contribution < 1.29 is 18.6 Å². The van der Waals surface area contributed by atoms with Crippen LogP contribution in [0.1, 0.15) is 5.56 Å². The maximum atomic E-state index is 12.1. The lowest BCUT2D eigenvalue weighted by molar-refractivity contribution is -0.0591. The molecule has 1 heterocycles. The van der Waals surface area contributed by atoms with Crippen molar-refractivity contribution >= 4 is 0 Å². The second kappa shape index (κ2) is 3.75. The number of halogens is 2. The van der Waals surface area contributed by atoms with E-state index in [2.05, 4.69) is 10.1 Å². The Morgan fingerprint density at radius 1 is 1.33 bits per heavy atom. The molecular formula is C10H11F2NO2. The van der Waals surface area contributed by atoms with E-state index in [1.165, 1.54) is 6.07 Å². The molecule has 3 nitrogen and oxygen atoms in total. The van der Waals surface area contributed by atoms with Gasteiger partial charge in [0.1, 0.15) is 11.4 Å². The Kier molecular flexibility index (Phi) is 2.58. The van der Waals surface area contributed by atoms with Gasteiger partial charge >= 0.3 is 6.61 Å². The number of rotatable bonds is 3. The number of benzene rings is 1. The highest BCUT2D eigenvalue weighted by molar-refractivity contribution is 5.40. The average molecular weight is 215 g/mol. The van der Waals surface area contributed by atoms with E-state index in [9.17, 15) is 13.9 Å². The summed E-state index contributed by atoms with van der Waals surface area (Å²) < 4.78 is 28.5. The Balaban J connectivity index is 2.29. The molecule has 5 heteroatoms. The SMILES string of the molecule is OC1(c2ccccc2OC(F)F)CNC1. The first kappa shape index (κ1) is 10.3. The lowest BCUT2D eigenvalue weighted by Gasteiger charge is -2.38. The molecule has 1 aromatic carbocycles. The standard InChI is InChI=1S/C10H11F2NO2/c11-9(12)15-8-4-2-1-3-7(8)10(14)5-13-6-10/h1-4,9,13-14H,5-6H2. The second-order valence-corrected chi connectivity index (χ2v) is 3.51.